The summed E-state index contributed by atoms with van der Waals surface area (Å²) in [6, 6.07) is 6.01. The van der Waals surface area contributed by atoms with Crippen LogP contribution in [0.1, 0.15) is 44.2 Å². The molecule has 3 heteroatoms. The molecule has 0 atom stereocenters. The molecule has 0 unspecified atom stereocenters. The van der Waals surface area contributed by atoms with Crippen LogP contribution in [0.2, 0.25) is 0 Å². The van der Waals surface area contributed by atoms with Crippen LogP contribution in [0.15, 0.2) is 18.2 Å². The van der Waals surface area contributed by atoms with E-state index in [-0.39, 0.29) is 0 Å². The van der Waals surface area contributed by atoms with E-state index >= 15 is 0 Å². The molecular weight excluding hydrogens is 214 g/mol. The van der Waals surface area contributed by atoms with Gasteiger partial charge in [-0.2, -0.15) is 0 Å². The van der Waals surface area contributed by atoms with Gasteiger partial charge in [0.05, 0.1) is 0 Å². The normalized spacial score (nSPS) is 10.6. The van der Waals surface area contributed by atoms with Crippen molar-refractivity contribution in [2.75, 3.05) is 11.4 Å². The van der Waals surface area contributed by atoms with Gasteiger partial charge in [0.2, 0.25) is 0 Å². The molecule has 17 heavy (non-hydrogen) atoms. The predicted molar refractivity (Wildman–Crippen MR) is 70.9 cm³/mol. The highest BCUT2D eigenvalue weighted by atomic mass is 16.4. The minimum Gasteiger partial charge on any atom is -0.465 e. The van der Waals surface area contributed by atoms with E-state index in [9.17, 15) is 9.90 Å². The van der Waals surface area contributed by atoms with Crippen LogP contribution in [-0.4, -0.2) is 17.7 Å². The van der Waals surface area contributed by atoms with Crippen molar-refractivity contribution in [3.05, 3.63) is 29.3 Å². The van der Waals surface area contributed by atoms with E-state index in [1.54, 1.807) is 0 Å². The summed E-state index contributed by atoms with van der Waals surface area (Å²) in [4.78, 5) is 12.6. The molecule has 1 amide bonds. The summed E-state index contributed by atoms with van der Waals surface area (Å²) in [5.74, 6) is 0.408. The molecular formula is C14H21NO2. The van der Waals surface area contributed by atoms with Crippen LogP contribution in [0.5, 0.6) is 0 Å². The van der Waals surface area contributed by atoms with E-state index < -0.39 is 6.09 Å². The number of aryl methyl sites for hydroxylation is 1. The Kier molecular flexibility index (Phi) is 4.55. The number of nitrogens with zero attached hydrogens (tertiary/aromatic N) is 1. The molecule has 0 fully saturated rings. The SMILES string of the molecule is CCCN(C(=O)O)c1cc(C)cc(C(C)C)c1. The van der Waals surface area contributed by atoms with Crippen molar-refractivity contribution in [1.29, 1.82) is 0 Å². The fraction of sp³-hybridized carbons (Fsp3) is 0.500. The molecule has 0 saturated heterocycles. The lowest BCUT2D eigenvalue weighted by molar-refractivity contribution is 0.202. The lowest BCUT2D eigenvalue weighted by Gasteiger charge is -2.20. The average molecular weight is 235 g/mol. The molecule has 1 aromatic rings. The van der Waals surface area contributed by atoms with E-state index in [1.807, 2.05) is 26.0 Å². The first-order valence-electron chi connectivity index (χ1n) is 6.07. The van der Waals surface area contributed by atoms with E-state index in [2.05, 4.69) is 19.9 Å². The lowest BCUT2D eigenvalue weighted by Crippen LogP contribution is -2.30. The summed E-state index contributed by atoms with van der Waals surface area (Å²) in [7, 11) is 0. The van der Waals surface area contributed by atoms with Gasteiger partial charge in [0.1, 0.15) is 0 Å². The van der Waals surface area contributed by atoms with E-state index in [0.29, 0.717) is 12.5 Å². The second-order valence-electron chi connectivity index (χ2n) is 4.69. The quantitative estimate of drug-likeness (QED) is 0.856. The molecule has 0 heterocycles. The molecule has 1 aromatic carbocycles. The zero-order chi connectivity index (χ0) is 13.0. The second kappa shape index (κ2) is 5.71. The Labute approximate surface area is 103 Å². The Morgan fingerprint density at radius 3 is 2.47 bits per heavy atom. The first kappa shape index (κ1) is 13.6. The number of hydrogen-bond acceptors (Lipinski definition) is 1. The molecule has 1 rings (SSSR count). The van der Waals surface area contributed by atoms with Crippen LogP contribution in [0, 0.1) is 6.92 Å². The molecule has 0 aliphatic heterocycles. The fourth-order valence-electron chi connectivity index (χ4n) is 1.84. The minimum absolute atomic E-state index is 0.408. The highest BCUT2D eigenvalue weighted by molar-refractivity contribution is 5.86. The highest BCUT2D eigenvalue weighted by Gasteiger charge is 2.14. The zero-order valence-corrected chi connectivity index (χ0v) is 11.0. The Balaban J connectivity index is 3.14. The third kappa shape index (κ3) is 3.48. The number of amides is 1. The van der Waals surface area contributed by atoms with Gasteiger partial charge in [-0.25, -0.2) is 4.79 Å². The predicted octanol–water partition coefficient (Wildman–Crippen LogP) is 4.01. The topological polar surface area (TPSA) is 40.5 Å². The van der Waals surface area contributed by atoms with Crippen molar-refractivity contribution in [2.45, 2.75) is 40.0 Å². The molecule has 0 saturated carbocycles. The van der Waals surface area contributed by atoms with Crippen LogP contribution < -0.4 is 4.90 Å². The summed E-state index contributed by atoms with van der Waals surface area (Å²) in [5, 5.41) is 9.20. The third-order valence-electron chi connectivity index (χ3n) is 2.74. The molecule has 0 aliphatic rings. The fourth-order valence-corrected chi connectivity index (χ4v) is 1.84. The zero-order valence-electron chi connectivity index (χ0n) is 11.0. The van der Waals surface area contributed by atoms with Crippen molar-refractivity contribution in [3.63, 3.8) is 0 Å². The maximum Gasteiger partial charge on any atom is 0.411 e. The smallest absolute Gasteiger partial charge is 0.411 e. The van der Waals surface area contributed by atoms with Gasteiger partial charge in [0.25, 0.3) is 0 Å². The summed E-state index contributed by atoms with van der Waals surface area (Å²) in [6.07, 6.45) is -0.0655. The number of anilines is 1. The summed E-state index contributed by atoms with van der Waals surface area (Å²) < 4.78 is 0. The van der Waals surface area contributed by atoms with Crippen LogP contribution in [0.25, 0.3) is 0 Å². The molecule has 1 N–H and O–H groups in total. The first-order chi connectivity index (χ1) is 7.95. The monoisotopic (exact) mass is 235 g/mol. The summed E-state index contributed by atoms with van der Waals surface area (Å²) in [5.41, 5.74) is 3.07. The maximum atomic E-state index is 11.2. The van der Waals surface area contributed by atoms with Crippen molar-refractivity contribution < 1.29 is 9.90 Å². The minimum atomic E-state index is -0.882. The average Bonchev–Trinajstić information content (AvgIpc) is 2.24. The highest BCUT2D eigenvalue weighted by Crippen LogP contribution is 2.24. The number of carbonyl (C=O) groups is 1. The molecule has 0 aliphatic carbocycles. The maximum absolute atomic E-state index is 11.2. The second-order valence-corrected chi connectivity index (χ2v) is 4.69. The van der Waals surface area contributed by atoms with Gasteiger partial charge in [-0.15, -0.1) is 0 Å². The van der Waals surface area contributed by atoms with Crippen molar-refractivity contribution >= 4 is 11.8 Å². The van der Waals surface area contributed by atoms with Gasteiger partial charge in [0.15, 0.2) is 0 Å². The largest absolute Gasteiger partial charge is 0.465 e. The van der Waals surface area contributed by atoms with Crippen LogP contribution in [-0.2, 0) is 0 Å². The Hall–Kier alpha value is -1.51. The number of hydrogen-bond donors (Lipinski definition) is 1. The number of rotatable bonds is 4. The lowest BCUT2D eigenvalue weighted by atomic mass is 10.00. The molecule has 3 nitrogen and oxygen atoms in total. The Morgan fingerprint density at radius 2 is 2.00 bits per heavy atom. The molecule has 94 valence electrons. The first-order valence-corrected chi connectivity index (χ1v) is 6.07. The number of carboxylic acid groups (broad SMARTS) is 1. The van der Waals surface area contributed by atoms with E-state index in [0.717, 1.165) is 17.7 Å². The van der Waals surface area contributed by atoms with Gasteiger partial charge in [0, 0.05) is 12.2 Å². The standard InChI is InChI=1S/C14H21NO2/c1-5-6-15(14(16)17)13-8-11(4)7-12(9-13)10(2)3/h7-10H,5-6H2,1-4H3,(H,16,17). The number of benzene rings is 1. The van der Waals surface area contributed by atoms with Crippen molar-refractivity contribution in [1.82, 2.24) is 0 Å². The Morgan fingerprint density at radius 1 is 1.35 bits per heavy atom. The van der Waals surface area contributed by atoms with Crippen molar-refractivity contribution in [2.24, 2.45) is 0 Å². The molecule has 0 bridgehead atoms. The van der Waals surface area contributed by atoms with Crippen LogP contribution in [0.4, 0.5) is 10.5 Å². The summed E-state index contributed by atoms with van der Waals surface area (Å²) in [6.45, 7) is 8.75. The van der Waals surface area contributed by atoms with Gasteiger partial charge >= 0.3 is 6.09 Å². The van der Waals surface area contributed by atoms with Gasteiger partial charge in [-0.1, -0.05) is 26.8 Å². The molecule has 0 aromatic heterocycles. The van der Waals surface area contributed by atoms with Gasteiger partial charge in [-0.3, -0.25) is 4.90 Å². The Bertz CT molecular complexity index is 399. The van der Waals surface area contributed by atoms with Crippen LogP contribution in [0.3, 0.4) is 0 Å². The van der Waals surface area contributed by atoms with E-state index in [4.69, 9.17) is 0 Å². The van der Waals surface area contributed by atoms with Crippen LogP contribution >= 0.6 is 0 Å². The third-order valence-corrected chi connectivity index (χ3v) is 2.74. The van der Waals surface area contributed by atoms with E-state index in [1.165, 1.54) is 10.5 Å². The van der Waals surface area contributed by atoms with Gasteiger partial charge < -0.3 is 5.11 Å². The molecule has 0 radical (unpaired) electrons. The van der Waals surface area contributed by atoms with Crippen molar-refractivity contribution in [3.8, 4) is 0 Å². The van der Waals surface area contributed by atoms with Gasteiger partial charge in [-0.05, 0) is 42.5 Å². The summed E-state index contributed by atoms with van der Waals surface area (Å²) >= 11 is 0. The molecule has 0 spiro atoms.